The fraction of sp³-hybridized carbons (Fsp3) is 0.800. The number of aliphatic hydroxyl groups excluding tert-OH is 1. The van der Waals surface area contributed by atoms with Crippen LogP contribution in [-0.2, 0) is 9.59 Å². The minimum atomic E-state index is -0.833. The Kier molecular flexibility index (Phi) is 21.5. The highest BCUT2D eigenvalue weighted by Crippen LogP contribution is 2.07. The maximum absolute atomic E-state index is 9.00. The van der Waals surface area contributed by atoms with E-state index in [9.17, 15) is 0 Å². The maximum atomic E-state index is 9.00. The molecule has 0 aromatic rings. The molecular formula is C10H22O5S. The number of carboxylic acid groups (broad SMARTS) is 2. The van der Waals surface area contributed by atoms with Crippen molar-refractivity contribution < 1.29 is 24.9 Å². The number of carbonyl (C=O) groups is 2. The Bertz CT molecular complexity index is 147. The van der Waals surface area contributed by atoms with Crippen molar-refractivity contribution in [3.05, 3.63) is 0 Å². The third-order valence-corrected chi connectivity index (χ3v) is 1.60. The predicted octanol–water partition coefficient (Wildman–Crippen LogP) is 1.65. The van der Waals surface area contributed by atoms with Crippen LogP contribution >= 0.6 is 12.6 Å². The molecule has 0 aliphatic carbocycles. The largest absolute Gasteiger partial charge is 0.481 e. The summed E-state index contributed by atoms with van der Waals surface area (Å²) in [5.74, 6) is -1.67. The first-order valence-corrected chi connectivity index (χ1v) is 5.47. The first-order chi connectivity index (χ1) is 7.27. The molecule has 0 heterocycles. The van der Waals surface area contributed by atoms with Crippen LogP contribution in [0, 0.1) is 0 Å². The van der Waals surface area contributed by atoms with Crippen LogP contribution in [-0.4, -0.2) is 39.1 Å². The zero-order chi connectivity index (χ0) is 13.6. The number of aliphatic carboxylic acids is 2. The molecule has 5 nitrogen and oxygen atoms in total. The molecule has 0 aromatic carbocycles. The second-order valence-electron chi connectivity index (χ2n) is 2.99. The van der Waals surface area contributed by atoms with Gasteiger partial charge in [-0.25, -0.2) is 0 Å². The van der Waals surface area contributed by atoms with E-state index in [1.165, 1.54) is 0 Å². The lowest BCUT2D eigenvalue weighted by molar-refractivity contribution is -0.135. The summed E-state index contributed by atoms with van der Waals surface area (Å²) in [6.45, 7) is 4.56. The molecule has 0 spiro atoms. The lowest BCUT2D eigenvalue weighted by Gasteiger charge is -2.04. The summed E-state index contributed by atoms with van der Waals surface area (Å²) in [6.07, 6.45) is 3.11. The van der Waals surface area contributed by atoms with Crippen molar-refractivity contribution in [1.29, 1.82) is 0 Å². The summed E-state index contributed by atoms with van der Waals surface area (Å²) in [4.78, 5) is 18.0. The van der Waals surface area contributed by atoms with Gasteiger partial charge in [-0.05, 0) is 12.8 Å². The van der Waals surface area contributed by atoms with Gasteiger partial charge in [0.1, 0.15) is 0 Å². The Morgan fingerprint density at radius 3 is 1.62 bits per heavy atom. The van der Waals surface area contributed by atoms with E-state index >= 15 is 0 Å². The van der Waals surface area contributed by atoms with Crippen molar-refractivity contribution in [2.75, 3.05) is 6.61 Å². The Morgan fingerprint density at radius 2 is 1.44 bits per heavy atom. The molecule has 0 aromatic heterocycles. The van der Waals surface area contributed by atoms with Crippen LogP contribution in [0.5, 0.6) is 0 Å². The van der Waals surface area contributed by atoms with Crippen molar-refractivity contribution in [2.24, 2.45) is 0 Å². The molecular weight excluding hydrogens is 232 g/mol. The van der Waals surface area contributed by atoms with Gasteiger partial charge in [0.05, 0.1) is 0 Å². The smallest absolute Gasteiger partial charge is 0.300 e. The van der Waals surface area contributed by atoms with Crippen LogP contribution < -0.4 is 0 Å². The summed E-state index contributed by atoms with van der Waals surface area (Å²) < 4.78 is 0. The summed E-state index contributed by atoms with van der Waals surface area (Å²) in [6, 6.07) is 0. The number of hydrogen-bond donors (Lipinski definition) is 4. The van der Waals surface area contributed by atoms with Gasteiger partial charge in [-0.3, -0.25) is 9.59 Å². The summed E-state index contributed by atoms with van der Waals surface area (Å²) in [5, 5.41) is 23.7. The average Bonchev–Trinajstić information content (AvgIpc) is 2.02. The lowest BCUT2D eigenvalue weighted by atomic mass is 10.2. The fourth-order valence-corrected chi connectivity index (χ4v) is 1.00. The molecule has 0 saturated carbocycles. The Hall–Kier alpha value is -0.750. The summed E-state index contributed by atoms with van der Waals surface area (Å²) >= 11 is 4.23. The van der Waals surface area contributed by atoms with E-state index < -0.39 is 11.9 Å². The molecule has 0 fully saturated rings. The van der Waals surface area contributed by atoms with Crippen LogP contribution in [0.3, 0.4) is 0 Å². The first kappa shape index (κ1) is 20.6. The van der Waals surface area contributed by atoms with E-state index in [0.29, 0.717) is 5.25 Å². The summed E-state index contributed by atoms with van der Waals surface area (Å²) in [5.41, 5.74) is 0. The fourth-order valence-electron chi connectivity index (χ4n) is 0.627. The van der Waals surface area contributed by atoms with Gasteiger partial charge in [-0.1, -0.05) is 13.3 Å². The second-order valence-corrected chi connectivity index (χ2v) is 3.72. The highest BCUT2D eigenvalue weighted by molar-refractivity contribution is 7.80. The molecule has 3 N–H and O–H groups in total. The van der Waals surface area contributed by atoms with E-state index in [4.69, 9.17) is 24.9 Å². The Labute approximate surface area is 102 Å². The topological polar surface area (TPSA) is 94.8 Å². The van der Waals surface area contributed by atoms with Crippen LogP contribution in [0.1, 0.15) is 40.0 Å². The molecule has 0 aliphatic heterocycles. The molecule has 1 unspecified atom stereocenters. The lowest BCUT2D eigenvalue weighted by Crippen LogP contribution is -1.99. The zero-order valence-electron chi connectivity index (χ0n) is 10.0. The van der Waals surface area contributed by atoms with Gasteiger partial charge >= 0.3 is 0 Å². The van der Waals surface area contributed by atoms with Crippen molar-refractivity contribution in [3.63, 3.8) is 0 Å². The van der Waals surface area contributed by atoms with Crippen LogP contribution in [0.25, 0.3) is 0 Å². The van der Waals surface area contributed by atoms with Gasteiger partial charge in [0.25, 0.3) is 11.9 Å². The monoisotopic (exact) mass is 254 g/mol. The molecule has 1 atom stereocenters. The minimum absolute atomic E-state index is 0.272. The number of carboxylic acids is 2. The molecule has 98 valence electrons. The van der Waals surface area contributed by atoms with Gasteiger partial charge in [-0.15, -0.1) is 0 Å². The van der Waals surface area contributed by atoms with Crippen molar-refractivity contribution >= 4 is 24.6 Å². The van der Waals surface area contributed by atoms with Gasteiger partial charge < -0.3 is 15.3 Å². The van der Waals surface area contributed by atoms with Gasteiger partial charge in [0.15, 0.2) is 0 Å². The van der Waals surface area contributed by atoms with Crippen LogP contribution in [0.2, 0.25) is 0 Å². The number of hydrogen-bond acceptors (Lipinski definition) is 4. The van der Waals surface area contributed by atoms with Gasteiger partial charge in [0.2, 0.25) is 0 Å². The minimum Gasteiger partial charge on any atom is -0.481 e. The molecule has 0 aliphatic rings. The number of rotatable bonds is 4. The van der Waals surface area contributed by atoms with Crippen molar-refractivity contribution in [1.82, 2.24) is 0 Å². The molecule has 0 rings (SSSR count). The standard InChI is InChI=1S/C6H14OS.2C2H4O2/c1-2-3-6(8)4-5-7;2*1-2(3)4/h6-8H,2-5H2,1H3;2*1H3,(H,3,4). The van der Waals surface area contributed by atoms with Crippen LogP contribution in [0.4, 0.5) is 0 Å². The zero-order valence-corrected chi connectivity index (χ0v) is 10.9. The first-order valence-electron chi connectivity index (χ1n) is 4.95. The second kappa shape index (κ2) is 16.7. The molecule has 0 saturated heterocycles. The van der Waals surface area contributed by atoms with E-state index in [2.05, 4.69) is 19.6 Å². The highest BCUT2D eigenvalue weighted by Gasteiger charge is 1.97. The molecule has 6 heteroatoms. The third-order valence-electron chi connectivity index (χ3n) is 1.08. The third kappa shape index (κ3) is 72.1. The Balaban J connectivity index is -0.000000179. The Morgan fingerprint density at radius 1 is 1.12 bits per heavy atom. The SMILES string of the molecule is CC(=O)O.CC(=O)O.CCCC(S)CCO. The van der Waals surface area contributed by atoms with E-state index in [1.807, 2.05) is 0 Å². The van der Waals surface area contributed by atoms with Crippen molar-refractivity contribution in [2.45, 2.75) is 45.3 Å². The molecule has 0 radical (unpaired) electrons. The van der Waals surface area contributed by atoms with E-state index in [1.54, 1.807) is 0 Å². The molecule has 0 amide bonds. The predicted molar refractivity (Wildman–Crippen MR) is 66.0 cm³/mol. The van der Waals surface area contributed by atoms with E-state index in [-0.39, 0.29) is 6.61 Å². The number of thiol groups is 1. The van der Waals surface area contributed by atoms with Gasteiger partial charge in [0, 0.05) is 25.7 Å². The van der Waals surface area contributed by atoms with Crippen molar-refractivity contribution in [3.8, 4) is 0 Å². The van der Waals surface area contributed by atoms with Gasteiger partial charge in [-0.2, -0.15) is 12.6 Å². The van der Waals surface area contributed by atoms with E-state index in [0.717, 1.165) is 33.1 Å². The molecule has 16 heavy (non-hydrogen) atoms. The maximum Gasteiger partial charge on any atom is 0.300 e. The average molecular weight is 254 g/mol. The highest BCUT2D eigenvalue weighted by atomic mass is 32.1. The normalized spacial score (nSPS) is 10.1. The summed E-state index contributed by atoms with van der Waals surface area (Å²) in [7, 11) is 0. The molecule has 0 bridgehead atoms. The van der Waals surface area contributed by atoms with Crippen LogP contribution in [0.15, 0.2) is 0 Å². The quantitative estimate of drug-likeness (QED) is 0.572. The number of aliphatic hydroxyl groups is 1.